The molecule has 7 nitrogen and oxygen atoms in total. The molecule has 2 N–H and O–H groups in total. The number of carbonyl (C=O) groups is 4. The van der Waals surface area contributed by atoms with Gasteiger partial charge in [-0.25, -0.2) is 0 Å². The molecule has 1 aliphatic heterocycles. The van der Waals surface area contributed by atoms with Gasteiger partial charge in [0.1, 0.15) is 0 Å². The van der Waals surface area contributed by atoms with Gasteiger partial charge in [0.25, 0.3) is 0 Å². The molecule has 7 heteroatoms. The van der Waals surface area contributed by atoms with E-state index in [1.54, 1.807) is 0 Å². The number of aliphatic carboxylic acids is 2. The number of hydrogen-bond donors (Lipinski definition) is 2. The van der Waals surface area contributed by atoms with Gasteiger partial charge in [0, 0.05) is 0 Å². The van der Waals surface area contributed by atoms with Crippen LogP contribution >= 0.6 is 0 Å². The SMILES string of the molecule is O=C1OC(=O)C2CC(C(=O)O)(C(=O)O)CC12. The molecule has 0 aromatic rings. The van der Waals surface area contributed by atoms with Crippen molar-refractivity contribution in [1.29, 1.82) is 0 Å². The number of carboxylic acid groups (broad SMARTS) is 2. The maximum atomic E-state index is 11.2. The fraction of sp³-hybridized carbons (Fsp3) is 0.556. The number of hydrogen-bond acceptors (Lipinski definition) is 5. The van der Waals surface area contributed by atoms with Crippen LogP contribution in [0.1, 0.15) is 12.8 Å². The third kappa shape index (κ3) is 1.14. The molecule has 1 saturated carbocycles. The molecule has 0 amide bonds. The highest BCUT2D eigenvalue weighted by Gasteiger charge is 2.63. The second-order valence-corrected chi connectivity index (χ2v) is 4.05. The highest BCUT2D eigenvalue weighted by atomic mass is 16.6. The molecular formula is C9H8O7. The Hall–Kier alpha value is -1.92. The van der Waals surface area contributed by atoms with Crippen LogP contribution in [0.4, 0.5) is 0 Å². The lowest BCUT2D eigenvalue weighted by molar-refractivity contribution is -0.165. The first-order valence-corrected chi connectivity index (χ1v) is 4.61. The molecule has 2 fully saturated rings. The average molecular weight is 228 g/mol. The quantitative estimate of drug-likeness (QED) is 0.471. The summed E-state index contributed by atoms with van der Waals surface area (Å²) in [5.74, 6) is -6.54. The van der Waals surface area contributed by atoms with Crippen molar-refractivity contribution < 1.29 is 34.1 Å². The lowest BCUT2D eigenvalue weighted by Gasteiger charge is -2.18. The van der Waals surface area contributed by atoms with Gasteiger partial charge in [-0.3, -0.25) is 19.2 Å². The van der Waals surface area contributed by atoms with Crippen molar-refractivity contribution >= 4 is 23.9 Å². The van der Waals surface area contributed by atoms with Crippen molar-refractivity contribution in [2.75, 3.05) is 0 Å². The van der Waals surface area contributed by atoms with Gasteiger partial charge in [0.05, 0.1) is 11.8 Å². The summed E-state index contributed by atoms with van der Waals surface area (Å²) in [4.78, 5) is 44.3. The number of cyclic esters (lactones) is 2. The maximum absolute atomic E-state index is 11.2. The summed E-state index contributed by atoms with van der Waals surface area (Å²) in [5, 5.41) is 17.8. The van der Waals surface area contributed by atoms with Gasteiger partial charge in [0.2, 0.25) is 0 Å². The van der Waals surface area contributed by atoms with E-state index < -0.39 is 41.1 Å². The summed E-state index contributed by atoms with van der Waals surface area (Å²) in [6, 6.07) is 0. The van der Waals surface area contributed by atoms with E-state index in [0.717, 1.165) is 0 Å². The smallest absolute Gasteiger partial charge is 0.321 e. The van der Waals surface area contributed by atoms with Crippen LogP contribution in [0.25, 0.3) is 0 Å². The van der Waals surface area contributed by atoms with Gasteiger partial charge in [-0.05, 0) is 12.8 Å². The Morgan fingerprint density at radius 1 is 1.06 bits per heavy atom. The predicted molar refractivity (Wildman–Crippen MR) is 45.0 cm³/mol. The molecule has 0 bridgehead atoms. The van der Waals surface area contributed by atoms with Crippen molar-refractivity contribution in [3.05, 3.63) is 0 Å². The zero-order valence-corrected chi connectivity index (χ0v) is 8.00. The van der Waals surface area contributed by atoms with Crippen molar-refractivity contribution in [3.63, 3.8) is 0 Å². The lowest BCUT2D eigenvalue weighted by Crippen LogP contribution is -2.38. The molecular weight excluding hydrogens is 220 g/mol. The Kier molecular flexibility index (Phi) is 2.01. The molecule has 2 atom stereocenters. The second kappa shape index (κ2) is 3.03. The van der Waals surface area contributed by atoms with E-state index in [0.29, 0.717) is 0 Å². The fourth-order valence-corrected chi connectivity index (χ4v) is 2.31. The Morgan fingerprint density at radius 3 is 1.75 bits per heavy atom. The first-order valence-electron chi connectivity index (χ1n) is 4.61. The number of ether oxygens (including phenoxy) is 1. The molecule has 0 radical (unpaired) electrons. The molecule has 2 aliphatic rings. The second-order valence-electron chi connectivity index (χ2n) is 4.05. The first-order chi connectivity index (χ1) is 7.38. The molecule has 0 spiro atoms. The van der Waals surface area contributed by atoms with E-state index in [1.165, 1.54) is 0 Å². The summed E-state index contributed by atoms with van der Waals surface area (Å²) in [7, 11) is 0. The predicted octanol–water partition coefficient (Wildman–Crippen LogP) is -0.748. The molecule has 2 rings (SSSR count). The number of carbonyl (C=O) groups excluding carboxylic acids is 2. The highest BCUT2D eigenvalue weighted by Crippen LogP contribution is 2.49. The normalized spacial score (nSPS) is 31.0. The Balaban J connectivity index is 2.37. The average Bonchev–Trinajstić information content (AvgIpc) is 2.67. The summed E-state index contributed by atoms with van der Waals surface area (Å²) >= 11 is 0. The van der Waals surface area contributed by atoms with Crippen molar-refractivity contribution in [2.24, 2.45) is 17.3 Å². The summed E-state index contributed by atoms with van der Waals surface area (Å²) in [5.41, 5.74) is -2.04. The largest absolute Gasteiger partial charge is 0.480 e. The fourth-order valence-electron chi connectivity index (χ4n) is 2.31. The van der Waals surface area contributed by atoms with Crippen LogP contribution in [0.5, 0.6) is 0 Å². The minimum Gasteiger partial charge on any atom is -0.480 e. The molecule has 86 valence electrons. The molecule has 2 unspecified atom stereocenters. The maximum Gasteiger partial charge on any atom is 0.321 e. The van der Waals surface area contributed by atoms with Crippen molar-refractivity contribution in [2.45, 2.75) is 12.8 Å². The van der Waals surface area contributed by atoms with Crippen LogP contribution in [0.3, 0.4) is 0 Å². The zero-order valence-electron chi connectivity index (χ0n) is 8.00. The standard InChI is InChI=1S/C9H8O7/c10-5-3-1-9(7(12)13,8(14)15)2-4(3)6(11)16-5/h3-4H,1-2H2,(H,12,13)(H,14,15). The van der Waals surface area contributed by atoms with Crippen LogP contribution in [-0.4, -0.2) is 34.1 Å². The monoisotopic (exact) mass is 228 g/mol. The van der Waals surface area contributed by atoms with Crippen LogP contribution in [0, 0.1) is 17.3 Å². The van der Waals surface area contributed by atoms with Gasteiger partial charge in [-0.15, -0.1) is 0 Å². The van der Waals surface area contributed by atoms with Crippen molar-refractivity contribution in [3.8, 4) is 0 Å². The summed E-state index contributed by atoms with van der Waals surface area (Å²) < 4.78 is 4.32. The molecule has 1 heterocycles. The van der Waals surface area contributed by atoms with Gasteiger partial charge in [-0.2, -0.15) is 0 Å². The van der Waals surface area contributed by atoms with Crippen molar-refractivity contribution in [1.82, 2.24) is 0 Å². The Labute approximate surface area is 89.0 Å². The summed E-state index contributed by atoms with van der Waals surface area (Å²) in [6.45, 7) is 0. The molecule has 0 aromatic heterocycles. The van der Waals surface area contributed by atoms with E-state index in [4.69, 9.17) is 10.2 Å². The van der Waals surface area contributed by atoms with Gasteiger partial charge < -0.3 is 14.9 Å². The molecule has 1 aliphatic carbocycles. The molecule has 1 saturated heterocycles. The number of rotatable bonds is 2. The topological polar surface area (TPSA) is 118 Å². The number of fused-ring (bicyclic) bond motifs is 1. The van der Waals surface area contributed by atoms with Crippen LogP contribution in [0.15, 0.2) is 0 Å². The van der Waals surface area contributed by atoms with Crippen LogP contribution < -0.4 is 0 Å². The minimum absolute atomic E-state index is 0.382. The Bertz CT molecular complexity index is 372. The van der Waals surface area contributed by atoms with Gasteiger partial charge in [-0.1, -0.05) is 0 Å². The lowest BCUT2D eigenvalue weighted by atomic mass is 9.85. The van der Waals surface area contributed by atoms with Crippen LogP contribution in [0.2, 0.25) is 0 Å². The molecule has 0 aromatic carbocycles. The highest BCUT2D eigenvalue weighted by molar-refractivity contribution is 6.04. The minimum atomic E-state index is -2.04. The summed E-state index contributed by atoms with van der Waals surface area (Å²) in [6.07, 6.45) is -0.764. The van der Waals surface area contributed by atoms with E-state index in [9.17, 15) is 19.2 Å². The van der Waals surface area contributed by atoms with E-state index in [1.807, 2.05) is 0 Å². The third-order valence-corrected chi connectivity index (χ3v) is 3.25. The molecule has 16 heavy (non-hydrogen) atoms. The zero-order chi connectivity index (χ0) is 12.1. The Morgan fingerprint density at radius 2 is 1.44 bits per heavy atom. The van der Waals surface area contributed by atoms with E-state index in [-0.39, 0.29) is 12.8 Å². The first kappa shape index (κ1) is 10.6. The van der Waals surface area contributed by atoms with E-state index >= 15 is 0 Å². The number of carboxylic acids is 2. The van der Waals surface area contributed by atoms with Gasteiger partial charge >= 0.3 is 23.9 Å². The number of esters is 2. The third-order valence-electron chi connectivity index (χ3n) is 3.25. The van der Waals surface area contributed by atoms with E-state index in [2.05, 4.69) is 4.74 Å². The van der Waals surface area contributed by atoms with Gasteiger partial charge in [0.15, 0.2) is 5.41 Å². The van der Waals surface area contributed by atoms with Crippen LogP contribution in [-0.2, 0) is 23.9 Å².